The van der Waals surface area contributed by atoms with Crippen LogP contribution in [-0.4, -0.2) is 16.8 Å². The molecule has 0 unspecified atom stereocenters. The van der Waals surface area contributed by atoms with Crippen molar-refractivity contribution in [3.8, 4) is 12.1 Å². The van der Waals surface area contributed by atoms with Crippen molar-refractivity contribution in [2.24, 2.45) is 5.10 Å². The summed E-state index contributed by atoms with van der Waals surface area (Å²) >= 11 is 8.92. The van der Waals surface area contributed by atoms with Crippen molar-refractivity contribution < 1.29 is 9.90 Å². The number of hydrazone groups is 1. The van der Waals surface area contributed by atoms with Gasteiger partial charge in [0.2, 0.25) is 5.71 Å². The minimum absolute atomic E-state index is 0.00170. The maximum Gasteiger partial charge on any atom is 0.339 e. The lowest BCUT2D eigenvalue weighted by Crippen LogP contribution is -2.05. The first-order chi connectivity index (χ1) is 8.51. The minimum atomic E-state index is -1.26. The van der Waals surface area contributed by atoms with Crippen molar-refractivity contribution in [2.45, 2.75) is 0 Å². The van der Waals surface area contributed by atoms with Crippen molar-refractivity contribution in [3.05, 3.63) is 27.2 Å². The molecule has 0 bridgehead atoms. The molecular formula is C10H4BrClN4O2. The summed E-state index contributed by atoms with van der Waals surface area (Å²) in [6, 6.07) is 6.00. The van der Waals surface area contributed by atoms with Gasteiger partial charge in [0.15, 0.2) is 0 Å². The SMILES string of the molecule is N#CC(C#N)=NNc1ccc(Br)c(Cl)c1C(=O)O. The number of nitriles is 2. The van der Waals surface area contributed by atoms with Crippen LogP contribution >= 0.6 is 27.5 Å². The molecule has 0 atom stereocenters. The number of nitrogens with one attached hydrogen (secondary N) is 1. The van der Waals surface area contributed by atoms with Gasteiger partial charge in [0.25, 0.3) is 0 Å². The third-order valence-corrected chi connectivity index (χ3v) is 3.09. The lowest BCUT2D eigenvalue weighted by atomic mass is 10.2. The van der Waals surface area contributed by atoms with Gasteiger partial charge in [-0.25, -0.2) is 4.79 Å². The van der Waals surface area contributed by atoms with Crippen LogP contribution in [0.3, 0.4) is 0 Å². The fourth-order valence-electron chi connectivity index (χ4n) is 1.04. The first kappa shape index (κ1) is 14.0. The average Bonchev–Trinajstić information content (AvgIpc) is 2.34. The number of hydrogen-bond acceptors (Lipinski definition) is 5. The Bertz CT molecular complexity index is 600. The van der Waals surface area contributed by atoms with Gasteiger partial charge in [0, 0.05) is 4.47 Å². The van der Waals surface area contributed by atoms with Gasteiger partial charge in [-0.05, 0) is 28.1 Å². The highest BCUT2D eigenvalue weighted by Gasteiger charge is 2.17. The Hall–Kier alpha value is -2.09. The summed E-state index contributed by atoms with van der Waals surface area (Å²) in [6.07, 6.45) is 0. The monoisotopic (exact) mass is 326 g/mol. The predicted molar refractivity (Wildman–Crippen MR) is 68.4 cm³/mol. The van der Waals surface area contributed by atoms with Gasteiger partial charge in [-0.15, -0.1) is 0 Å². The lowest BCUT2D eigenvalue weighted by molar-refractivity contribution is 0.0698. The summed E-state index contributed by atoms with van der Waals surface area (Å²) < 4.78 is 0.414. The second-order valence-electron chi connectivity index (χ2n) is 2.88. The highest BCUT2D eigenvalue weighted by molar-refractivity contribution is 9.10. The second-order valence-corrected chi connectivity index (χ2v) is 4.12. The van der Waals surface area contributed by atoms with Gasteiger partial charge in [0.05, 0.1) is 10.7 Å². The normalized spacial score (nSPS) is 8.89. The van der Waals surface area contributed by atoms with Crippen LogP contribution in [0.15, 0.2) is 21.7 Å². The molecule has 0 aromatic heterocycles. The molecule has 2 N–H and O–H groups in total. The van der Waals surface area contributed by atoms with Crippen LogP contribution in [0, 0.1) is 22.7 Å². The maximum absolute atomic E-state index is 11.1. The van der Waals surface area contributed by atoms with E-state index >= 15 is 0 Å². The molecule has 0 heterocycles. The highest BCUT2D eigenvalue weighted by Crippen LogP contribution is 2.31. The Morgan fingerprint density at radius 2 is 2.06 bits per heavy atom. The Morgan fingerprint density at radius 3 is 2.56 bits per heavy atom. The molecule has 0 fully saturated rings. The smallest absolute Gasteiger partial charge is 0.339 e. The third kappa shape index (κ3) is 2.98. The van der Waals surface area contributed by atoms with Crippen LogP contribution in [0.5, 0.6) is 0 Å². The zero-order valence-electron chi connectivity index (χ0n) is 8.61. The van der Waals surface area contributed by atoms with Gasteiger partial charge >= 0.3 is 5.97 Å². The van der Waals surface area contributed by atoms with E-state index in [0.717, 1.165) is 0 Å². The summed E-state index contributed by atoms with van der Waals surface area (Å²) in [7, 11) is 0. The number of carboxylic acid groups (broad SMARTS) is 1. The largest absolute Gasteiger partial charge is 0.478 e. The number of nitrogens with zero attached hydrogens (tertiary/aromatic N) is 3. The molecule has 1 rings (SSSR count). The van der Waals surface area contributed by atoms with Gasteiger partial charge in [-0.1, -0.05) is 11.6 Å². The molecule has 0 aliphatic heterocycles. The van der Waals surface area contributed by atoms with Crippen LogP contribution in [0.2, 0.25) is 5.02 Å². The summed E-state index contributed by atoms with van der Waals surface area (Å²) in [5, 5.41) is 29.5. The number of benzene rings is 1. The lowest BCUT2D eigenvalue weighted by Gasteiger charge is -2.08. The van der Waals surface area contributed by atoms with Crippen molar-refractivity contribution in [1.82, 2.24) is 0 Å². The second kappa shape index (κ2) is 6.01. The number of hydrogen-bond donors (Lipinski definition) is 2. The first-order valence-corrected chi connectivity index (χ1v) is 5.53. The van der Waals surface area contributed by atoms with Crippen molar-refractivity contribution in [2.75, 3.05) is 5.43 Å². The molecule has 0 spiro atoms. The maximum atomic E-state index is 11.1. The van der Waals surface area contributed by atoms with E-state index in [2.05, 4.69) is 26.5 Å². The Kier molecular flexibility index (Phi) is 4.67. The molecule has 0 saturated heterocycles. The van der Waals surface area contributed by atoms with E-state index in [-0.39, 0.29) is 16.3 Å². The van der Waals surface area contributed by atoms with Crippen molar-refractivity contribution >= 4 is 44.9 Å². The van der Waals surface area contributed by atoms with Crippen molar-refractivity contribution in [3.63, 3.8) is 0 Å². The molecule has 90 valence electrons. The van der Waals surface area contributed by atoms with E-state index in [9.17, 15) is 4.79 Å². The molecule has 6 nitrogen and oxygen atoms in total. The number of halogens is 2. The third-order valence-electron chi connectivity index (χ3n) is 1.81. The quantitative estimate of drug-likeness (QED) is 0.655. The fraction of sp³-hybridized carbons (Fsp3) is 0. The Morgan fingerprint density at radius 1 is 1.44 bits per heavy atom. The molecule has 18 heavy (non-hydrogen) atoms. The predicted octanol–water partition coefficient (Wildman–Crippen LogP) is 2.62. The summed E-state index contributed by atoms with van der Waals surface area (Å²) in [4.78, 5) is 11.1. The molecule has 0 aliphatic carbocycles. The number of rotatable bonds is 3. The average molecular weight is 328 g/mol. The zero-order chi connectivity index (χ0) is 13.7. The number of anilines is 1. The summed E-state index contributed by atoms with van der Waals surface area (Å²) in [5.41, 5.74) is 1.77. The molecule has 1 aromatic rings. The van der Waals surface area contributed by atoms with E-state index < -0.39 is 11.7 Å². The van der Waals surface area contributed by atoms with Crippen LogP contribution in [0.25, 0.3) is 0 Å². The number of aromatic carboxylic acids is 1. The topological polar surface area (TPSA) is 109 Å². The van der Waals surface area contributed by atoms with Crippen LogP contribution in [0.4, 0.5) is 5.69 Å². The van der Waals surface area contributed by atoms with Crippen LogP contribution in [-0.2, 0) is 0 Å². The van der Waals surface area contributed by atoms with Gasteiger partial charge in [-0.3, -0.25) is 5.43 Å². The van der Waals surface area contributed by atoms with Gasteiger partial charge in [0.1, 0.15) is 17.7 Å². The van der Waals surface area contributed by atoms with E-state index in [1.165, 1.54) is 24.3 Å². The van der Waals surface area contributed by atoms with Crippen LogP contribution in [0.1, 0.15) is 10.4 Å². The van der Waals surface area contributed by atoms with E-state index in [0.29, 0.717) is 4.47 Å². The molecule has 0 aliphatic rings. The highest BCUT2D eigenvalue weighted by atomic mass is 79.9. The van der Waals surface area contributed by atoms with Gasteiger partial charge in [-0.2, -0.15) is 15.6 Å². The fourth-order valence-corrected chi connectivity index (χ4v) is 1.62. The van der Waals surface area contributed by atoms with Crippen LogP contribution < -0.4 is 5.43 Å². The van der Waals surface area contributed by atoms with E-state index in [1.54, 1.807) is 0 Å². The minimum Gasteiger partial charge on any atom is -0.478 e. The summed E-state index contributed by atoms with van der Waals surface area (Å²) in [5.74, 6) is -1.26. The van der Waals surface area contributed by atoms with E-state index in [1.807, 2.05) is 0 Å². The molecule has 0 radical (unpaired) electrons. The molecule has 1 aromatic carbocycles. The molecular weight excluding hydrogens is 323 g/mol. The van der Waals surface area contributed by atoms with Crippen molar-refractivity contribution in [1.29, 1.82) is 10.5 Å². The Balaban J connectivity index is 3.24. The molecule has 0 amide bonds. The van der Waals surface area contributed by atoms with Gasteiger partial charge < -0.3 is 5.11 Å². The Labute approximate surface area is 115 Å². The standard InChI is InChI=1S/C10H4BrClN4O2/c11-6-1-2-7(8(9(6)12)10(17)18)16-15-5(3-13)4-14/h1-2,16H,(H,17,18). The first-order valence-electron chi connectivity index (χ1n) is 4.36. The summed E-state index contributed by atoms with van der Waals surface area (Å²) in [6.45, 7) is 0. The zero-order valence-corrected chi connectivity index (χ0v) is 10.9. The van der Waals surface area contributed by atoms with E-state index in [4.69, 9.17) is 27.2 Å². The number of carbonyl (C=O) groups is 1. The molecule has 8 heteroatoms. The molecule has 0 saturated carbocycles. The number of carboxylic acids is 1.